The van der Waals surface area contributed by atoms with Gasteiger partial charge in [-0.05, 0) is 42.3 Å². The smallest absolute Gasteiger partial charge is 0.345 e. The maximum absolute atomic E-state index is 12.6. The van der Waals surface area contributed by atoms with Crippen LogP contribution in [0.3, 0.4) is 0 Å². The van der Waals surface area contributed by atoms with Crippen LogP contribution in [0.5, 0.6) is 0 Å². The van der Waals surface area contributed by atoms with E-state index in [1.807, 2.05) is 42.5 Å². The van der Waals surface area contributed by atoms with Crippen molar-refractivity contribution in [1.29, 1.82) is 0 Å². The Morgan fingerprint density at radius 2 is 1.44 bits per heavy atom. The molecule has 0 atom stereocenters. The van der Waals surface area contributed by atoms with Gasteiger partial charge in [-0.25, -0.2) is 9.59 Å². The summed E-state index contributed by atoms with van der Waals surface area (Å²) < 4.78 is 10.3. The molecule has 162 valence electrons. The quantitative estimate of drug-likeness (QED) is 0.185. The lowest BCUT2D eigenvalue weighted by Gasteiger charge is -2.09. The van der Waals surface area contributed by atoms with Gasteiger partial charge < -0.3 is 14.5 Å². The fourth-order valence-electron chi connectivity index (χ4n) is 3.92. The Bertz CT molecular complexity index is 1290. The van der Waals surface area contributed by atoms with E-state index in [0.29, 0.717) is 6.42 Å². The predicted octanol–water partition coefficient (Wildman–Crippen LogP) is 5.42. The monoisotopic (exact) mass is 427 g/mol. The fraction of sp³-hybridized carbons (Fsp3) is 0.185. The lowest BCUT2D eigenvalue weighted by Crippen LogP contribution is -2.18. The molecule has 32 heavy (non-hydrogen) atoms. The summed E-state index contributed by atoms with van der Waals surface area (Å²) >= 11 is 0. The number of carbonyl (C=O) groups is 2. The maximum Gasteiger partial charge on any atom is 0.345 e. The highest BCUT2D eigenvalue weighted by molar-refractivity contribution is 6.18. The van der Waals surface area contributed by atoms with Gasteiger partial charge in [-0.3, -0.25) is 0 Å². The summed E-state index contributed by atoms with van der Waals surface area (Å²) in [5.41, 5.74) is 3.66. The first-order valence-corrected chi connectivity index (χ1v) is 10.7. The molecular weight excluding hydrogens is 402 g/mol. The number of aromatic nitrogens is 1. The van der Waals surface area contributed by atoms with Crippen molar-refractivity contribution in [3.05, 3.63) is 89.1 Å². The van der Waals surface area contributed by atoms with E-state index in [-0.39, 0.29) is 18.8 Å². The van der Waals surface area contributed by atoms with Gasteiger partial charge in [0.25, 0.3) is 0 Å². The van der Waals surface area contributed by atoms with E-state index in [4.69, 9.17) is 9.47 Å². The van der Waals surface area contributed by atoms with E-state index in [1.165, 1.54) is 5.39 Å². The highest BCUT2D eigenvalue weighted by Gasteiger charge is 2.23. The van der Waals surface area contributed by atoms with Gasteiger partial charge in [-0.2, -0.15) is 0 Å². The third-order valence-corrected chi connectivity index (χ3v) is 5.35. The van der Waals surface area contributed by atoms with Crippen molar-refractivity contribution in [2.45, 2.75) is 20.3 Å². The van der Waals surface area contributed by atoms with Crippen LogP contribution in [0, 0.1) is 0 Å². The summed E-state index contributed by atoms with van der Waals surface area (Å²) in [5.74, 6) is -1.38. The second kappa shape index (κ2) is 9.52. The van der Waals surface area contributed by atoms with Crippen molar-refractivity contribution in [3.63, 3.8) is 0 Å². The first kappa shape index (κ1) is 21.4. The van der Waals surface area contributed by atoms with Crippen LogP contribution in [-0.2, 0) is 25.5 Å². The molecule has 5 heteroatoms. The average Bonchev–Trinajstić information content (AvgIpc) is 3.14. The topological polar surface area (TPSA) is 68.4 Å². The van der Waals surface area contributed by atoms with E-state index < -0.39 is 11.9 Å². The summed E-state index contributed by atoms with van der Waals surface area (Å²) in [7, 11) is 0. The number of hydrogen-bond acceptors (Lipinski definition) is 4. The van der Waals surface area contributed by atoms with Gasteiger partial charge in [0, 0.05) is 28.6 Å². The molecule has 0 aliphatic heterocycles. The Labute approximate surface area is 186 Å². The summed E-state index contributed by atoms with van der Waals surface area (Å²) in [6, 6.07) is 22.3. The van der Waals surface area contributed by atoms with E-state index in [2.05, 4.69) is 29.2 Å². The van der Waals surface area contributed by atoms with E-state index in [0.717, 1.165) is 33.1 Å². The molecule has 4 aromatic rings. The minimum atomic E-state index is -0.688. The predicted molar refractivity (Wildman–Crippen MR) is 126 cm³/mol. The molecule has 0 unspecified atom stereocenters. The van der Waals surface area contributed by atoms with Crippen molar-refractivity contribution >= 4 is 39.7 Å². The molecule has 3 aromatic carbocycles. The molecule has 5 nitrogen and oxygen atoms in total. The van der Waals surface area contributed by atoms with Crippen LogP contribution in [0.2, 0.25) is 0 Å². The molecule has 0 radical (unpaired) electrons. The number of fused-ring (bicyclic) bond motifs is 2. The molecule has 0 aliphatic carbocycles. The van der Waals surface area contributed by atoms with Crippen LogP contribution in [0.4, 0.5) is 0 Å². The Balaban J connectivity index is 1.86. The standard InChI is InChI=1S/C27H25NO4/c1-3-31-26(29)23(27(30)32-4-2)17-22-21-14-7-8-15-24(21)28-25(22)16-19-12-9-11-18-10-5-6-13-20(18)19/h5-15,17,28H,3-4,16H2,1-2H3. The highest BCUT2D eigenvalue weighted by atomic mass is 16.6. The van der Waals surface area contributed by atoms with Crippen molar-refractivity contribution < 1.29 is 19.1 Å². The zero-order chi connectivity index (χ0) is 22.5. The molecule has 0 bridgehead atoms. The molecule has 0 amide bonds. The fourth-order valence-corrected chi connectivity index (χ4v) is 3.92. The number of carbonyl (C=O) groups excluding carboxylic acids is 2. The first-order chi connectivity index (χ1) is 15.6. The summed E-state index contributed by atoms with van der Waals surface area (Å²) in [6.07, 6.45) is 2.20. The number of hydrogen-bond donors (Lipinski definition) is 1. The molecule has 0 spiro atoms. The van der Waals surface area contributed by atoms with E-state index in [9.17, 15) is 9.59 Å². The number of aromatic amines is 1. The van der Waals surface area contributed by atoms with Gasteiger partial charge in [-0.15, -0.1) is 0 Å². The van der Waals surface area contributed by atoms with E-state index in [1.54, 1.807) is 19.9 Å². The number of para-hydroxylation sites is 1. The molecule has 0 aliphatic rings. The van der Waals surface area contributed by atoms with Crippen molar-refractivity contribution in [2.24, 2.45) is 0 Å². The number of rotatable bonds is 7. The lowest BCUT2D eigenvalue weighted by atomic mass is 9.98. The first-order valence-electron chi connectivity index (χ1n) is 10.7. The van der Waals surface area contributed by atoms with Crippen LogP contribution in [-0.4, -0.2) is 30.1 Å². The van der Waals surface area contributed by atoms with Gasteiger partial charge in [0.05, 0.1) is 13.2 Å². The van der Waals surface area contributed by atoms with Crippen molar-refractivity contribution in [1.82, 2.24) is 4.98 Å². The number of esters is 2. The van der Waals surface area contributed by atoms with Crippen LogP contribution in [0.25, 0.3) is 27.8 Å². The van der Waals surface area contributed by atoms with Crippen LogP contribution in [0.15, 0.2) is 72.3 Å². The molecule has 0 saturated heterocycles. The largest absolute Gasteiger partial charge is 0.462 e. The molecule has 0 saturated carbocycles. The number of H-pyrrole nitrogens is 1. The second-order valence-corrected chi connectivity index (χ2v) is 7.38. The van der Waals surface area contributed by atoms with Gasteiger partial charge >= 0.3 is 11.9 Å². The zero-order valence-corrected chi connectivity index (χ0v) is 18.2. The van der Waals surface area contributed by atoms with Crippen molar-refractivity contribution in [2.75, 3.05) is 13.2 Å². The number of nitrogens with one attached hydrogen (secondary N) is 1. The zero-order valence-electron chi connectivity index (χ0n) is 18.2. The molecule has 1 aromatic heterocycles. The third-order valence-electron chi connectivity index (χ3n) is 5.35. The van der Waals surface area contributed by atoms with Gasteiger partial charge in [0.15, 0.2) is 0 Å². The van der Waals surface area contributed by atoms with Crippen LogP contribution in [0.1, 0.15) is 30.7 Å². The Morgan fingerprint density at radius 1 is 0.812 bits per heavy atom. The van der Waals surface area contributed by atoms with Crippen LogP contribution < -0.4 is 0 Å². The third kappa shape index (κ3) is 4.28. The molecule has 4 rings (SSSR count). The van der Waals surface area contributed by atoms with E-state index >= 15 is 0 Å². The molecule has 0 fully saturated rings. The average molecular weight is 428 g/mol. The Morgan fingerprint density at radius 3 is 2.16 bits per heavy atom. The minimum absolute atomic E-state index is 0.113. The summed E-state index contributed by atoms with van der Waals surface area (Å²) in [5, 5.41) is 3.25. The Hall–Kier alpha value is -3.86. The normalized spacial score (nSPS) is 10.8. The van der Waals surface area contributed by atoms with Crippen molar-refractivity contribution in [3.8, 4) is 0 Å². The Kier molecular flexibility index (Phi) is 6.36. The summed E-state index contributed by atoms with van der Waals surface area (Å²) in [4.78, 5) is 28.6. The van der Waals surface area contributed by atoms with Gasteiger partial charge in [0.1, 0.15) is 5.57 Å². The van der Waals surface area contributed by atoms with Crippen LogP contribution >= 0.6 is 0 Å². The lowest BCUT2D eigenvalue weighted by molar-refractivity contribution is -0.146. The molecule has 1 heterocycles. The molecule has 1 N–H and O–H groups in total. The molecular formula is C27H25NO4. The SMILES string of the molecule is CCOC(=O)C(=Cc1c(Cc2cccc3ccccc23)[nH]c2ccccc12)C(=O)OCC. The maximum atomic E-state index is 12.6. The summed E-state index contributed by atoms with van der Waals surface area (Å²) in [6.45, 7) is 3.76. The highest BCUT2D eigenvalue weighted by Crippen LogP contribution is 2.29. The second-order valence-electron chi connectivity index (χ2n) is 7.38. The minimum Gasteiger partial charge on any atom is -0.462 e. The number of benzene rings is 3. The van der Waals surface area contributed by atoms with Gasteiger partial charge in [-0.1, -0.05) is 60.7 Å². The number of ether oxygens (including phenoxy) is 2. The van der Waals surface area contributed by atoms with Gasteiger partial charge in [0.2, 0.25) is 0 Å².